The lowest BCUT2D eigenvalue weighted by molar-refractivity contribution is -0.0000401. The first-order valence-corrected chi connectivity index (χ1v) is 7.70. The van der Waals surface area contributed by atoms with Crippen LogP contribution in [0, 0.1) is 0 Å². The highest BCUT2D eigenvalue weighted by atomic mass is 32.2. The molecule has 1 unspecified atom stereocenters. The Balaban J connectivity index is 1.70. The van der Waals surface area contributed by atoms with Crippen LogP contribution in [-0.2, 0) is 23.9 Å². The van der Waals surface area contributed by atoms with Crippen LogP contribution in [0.3, 0.4) is 0 Å². The van der Waals surface area contributed by atoms with E-state index in [0.717, 1.165) is 39.1 Å². The third-order valence-corrected chi connectivity index (χ3v) is 3.35. The average molecular weight is 278 g/mol. The van der Waals surface area contributed by atoms with Crippen molar-refractivity contribution in [1.82, 2.24) is 4.90 Å². The lowest BCUT2D eigenvalue weighted by Crippen LogP contribution is -2.41. The number of morpholine rings is 1. The van der Waals surface area contributed by atoms with Crippen LogP contribution in [0.4, 0.5) is 0 Å². The molecular weight excluding hydrogens is 260 g/mol. The second kappa shape index (κ2) is 5.96. The molecule has 2 aliphatic rings. The molecule has 0 bridgehead atoms. The normalized spacial score (nSPS) is 25.8. The van der Waals surface area contributed by atoms with Crippen molar-refractivity contribution in [2.24, 2.45) is 5.16 Å². The van der Waals surface area contributed by atoms with E-state index in [1.165, 1.54) is 0 Å². The first-order valence-electron chi connectivity index (χ1n) is 5.89. The van der Waals surface area contributed by atoms with Crippen LogP contribution in [0.5, 0.6) is 0 Å². The second-order valence-electron chi connectivity index (χ2n) is 4.47. The Hall–Kier alpha value is -0.700. The zero-order chi connectivity index (χ0) is 13.0. The molecule has 7 nitrogen and oxygen atoms in total. The predicted molar refractivity (Wildman–Crippen MR) is 65.0 cm³/mol. The number of hydrogen-bond donors (Lipinski definition) is 0. The van der Waals surface area contributed by atoms with E-state index in [4.69, 9.17) is 9.57 Å². The summed E-state index contributed by atoms with van der Waals surface area (Å²) in [5.74, 6) is 0. The van der Waals surface area contributed by atoms with Gasteiger partial charge >= 0.3 is 0 Å². The van der Waals surface area contributed by atoms with Gasteiger partial charge < -0.3 is 9.57 Å². The van der Waals surface area contributed by atoms with Crippen LogP contribution in [0.2, 0.25) is 0 Å². The molecule has 0 amide bonds. The van der Waals surface area contributed by atoms with Crippen LogP contribution >= 0.6 is 0 Å². The number of ether oxygens (including phenoxy) is 1. The molecule has 0 N–H and O–H groups in total. The molecule has 104 valence electrons. The predicted octanol–water partition coefficient (Wildman–Crippen LogP) is -0.560. The molecule has 0 aromatic rings. The molecule has 0 radical (unpaired) electrons. The fourth-order valence-corrected chi connectivity index (χ4v) is 2.27. The van der Waals surface area contributed by atoms with Crippen LogP contribution in [0.1, 0.15) is 6.42 Å². The van der Waals surface area contributed by atoms with E-state index < -0.39 is 10.1 Å². The van der Waals surface area contributed by atoms with E-state index in [9.17, 15) is 8.42 Å². The Morgan fingerprint density at radius 3 is 2.83 bits per heavy atom. The van der Waals surface area contributed by atoms with Crippen molar-refractivity contribution >= 4 is 15.8 Å². The zero-order valence-electron chi connectivity index (χ0n) is 10.4. The smallest absolute Gasteiger partial charge is 0.264 e. The molecule has 1 saturated heterocycles. The van der Waals surface area contributed by atoms with Gasteiger partial charge in [-0.2, -0.15) is 8.42 Å². The fraction of sp³-hybridized carbons (Fsp3) is 0.900. The average Bonchev–Trinajstić information content (AvgIpc) is 2.75. The van der Waals surface area contributed by atoms with Gasteiger partial charge in [-0.1, -0.05) is 5.16 Å². The molecule has 1 atom stereocenters. The number of nitrogens with zero attached hydrogens (tertiary/aromatic N) is 2. The van der Waals surface area contributed by atoms with E-state index in [1.807, 2.05) is 0 Å². The van der Waals surface area contributed by atoms with E-state index >= 15 is 0 Å². The van der Waals surface area contributed by atoms with E-state index in [1.54, 1.807) is 0 Å². The minimum absolute atomic E-state index is 0.0127. The van der Waals surface area contributed by atoms with Crippen molar-refractivity contribution in [2.45, 2.75) is 12.5 Å². The SMILES string of the molecule is CS(=O)(=O)OCC1=NOC(CN2CCOCC2)C1. The number of oxime groups is 1. The quantitative estimate of drug-likeness (QED) is 0.627. The van der Waals surface area contributed by atoms with Crippen molar-refractivity contribution in [3.8, 4) is 0 Å². The van der Waals surface area contributed by atoms with Crippen molar-refractivity contribution in [1.29, 1.82) is 0 Å². The van der Waals surface area contributed by atoms with Gasteiger partial charge in [0.2, 0.25) is 0 Å². The lowest BCUT2D eigenvalue weighted by Gasteiger charge is -2.27. The monoisotopic (exact) mass is 278 g/mol. The maximum absolute atomic E-state index is 10.8. The summed E-state index contributed by atoms with van der Waals surface area (Å²) < 4.78 is 31.6. The highest BCUT2D eigenvalue weighted by Crippen LogP contribution is 2.13. The Labute approximate surface area is 107 Å². The molecule has 0 spiro atoms. The van der Waals surface area contributed by atoms with Gasteiger partial charge in [0.1, 0.15) is 12.7 Å². The highest BCUT2D eigenvalue weighted by molar-refractivity contribution is 7.86. The Morgan fingerprint density at radius 1 is 1.44 bits per heavy atom. The summed E-state index contributed by atoms with van der Waals surface area (Å²) in [6, 6.07) is 0. The largest absolute Gasteiger partial charge is 0.391 e. The first-order chi connectivity index (χ1) is 8.53. The third-order valence-electron chi connectivity index (χ3n) is 2.80. The van der Waals surface area contributed by atoms with Crippen molar-refractivity contribution < 1.29 is 22.2 Å². The van der Waals surface area contributed by atoms with Gasteiger partial charge in [-0.25, -0.2) is 0 Å². The summed E-state index contributed by atoms with van der Waals surface area (Å²) in [6.45, 7) is 4.06. The van der Waals surface area contributed by atoms with E-state index in [2.05, 4.69) is 14.2 Å². The minimum Gasteiger partial charge on any atom is -0.391 e. The number of hydrogen-bond acceptors (Lipinski definition) is 7. The summed E-state index contributed by atoms with van der Waals surface area (Å²) in [4.78, 5) is 7.52. The Bertz CT molecular complexity index is 402. The maximum Gasteiger partial charge on any atom is 0.264 e. The summed E-state index contributed by atoms with van der Waals surface area (Å²) >= 11 is 0. The molecule has 0 aromatic carbocycles. The molecule has 8 heteroatoms. The molecule has 0 aliphatic carbocycles. The van der Waals surface area contributed by atoms with Gasteiger partial charge in [-0.3, -0.25) is 9.08 Å². The van der Waals surface area contributed by atoms with Crippen molar-refractivity contribution in [3.63, 3.8) is 0 Å². The topological polar surface area (TPSA) is 77.4 Å². The van der Waals surface area contributed by atoms with Crippen LogP contribution in [0.15, 0.2) is 5.16 Å². The van der Waals surface area contributed by atoms with Gasteiger partial charge in [0.25, 0.3) is 10.1 Å². The number of rotatable bonds is 5. The van der Waals surface area contributed by atoms with Crippen molar-refractivity contribution in [3.05, 3.63) is 0 Å². The first kappa shape index (κ1) is 13.7. The van der Waals surface area contributed by atoms with E-state index in [-0.39, 0.29) is 12.7 Å². The van der Waals surface area contributed by atoms with Crippen molar-refractivity contribution in [2.75, 3.05) is 45.7 Å². The van der Waals surface area contributed by atoms with Gasteiger partial charge in [0.15, 0.2) is 0 Å². The van der Waals surface area contributed by atoms with Gasteiger partial charge in [0.05, 0.1) is 25.2 Å². The zero-order valence-corrected chi connectivity index (χ0v) is 11.2. The van der Waals surface area contributed by atoms with Gasteiger partial charge in [-0.05, 0) is 0 Å². The molecule has 0 saturated carbocycles. The van der Waals surface area contributed by atoms with Crippen LogP contribution < -0.4 is 0 Å². The standard InChI is InChI=1S/C10H18N2O5S/c1-18(13,14)16-8-9-6-10(17-11-9)7-12-2-4-15-5-3-12/h10H,2-8H2,1H3. The molecule has 2 heterocycles. The third kappa shape index (κ3) is 4.52. The molecule has 0 aromatic heterocycles. The van der Waals surface area contributed by atoms with E-state index in [0.29, 0.717) is 12.1 Å². The summed E-state index contributed by atoms with van der Waals surface area (Å²) in [5, 5.41) is 3.85. The molecule has 18 heavy (non-hydrogen) atoms. The van der Waals surface area contributed by atoms with Gasteiger partial charge in [0, 0.05) is 26.1 Å². The highest BCUT2D eigenvalue weighted by Gasteiger charge is 2.25. The summed E-state index contributed by atoms with van der Waals surface area (Å²) in [6.07, 6.45) is 1.63. The molecular formula is C10H18N2O5S. The Morgan fingerprint density at radius 2 is 2.17 bits per heavy atom. The molecule has 1 fully saturated rings. The summed E-state index contributed by atoms with van der Waals surface area (Å²) in [5.41, 5.74) is 0.638. The second-order valence-corrected chi connectivity index (χ2v) is 6.11. The van der Waals surface area contributed by atoms with Crippen LogP contribution in [0.25, 0.3) is 0 Å². The minimum atomic E-state index is -3.42. The fourth-order valence-electron chi connectivity index (χ4n) is 1.92. The summed E-state index contributed by atoms with van der Waals surface area (Å²) in [7, 11) is -3.42. The van der Waals surface area contributed by atoms with Gasteiger partial charge in [-0.15, -0.1) is 0 Å². The molecule has 2 aliphatic heterocycles. The Kier molecular flexibility index (Phi) is 4.55. The van der Waals surface area contributed by atoms with Crippen LogP contribution in [-0.4, -0.2) is 70.8 Å². The molecule has 2 rings (SSSR count). The lowest BCUT2D eigenvalue weighted by atomic mass is 10.2. The maximum atomic E-state index is 10.8.